The van der Waals surface area contributed by atoms with Crippen LogP contribution in [0, 0.1) is 0 Å². The van der Waals surface area contributed by atoms with E-state index in [1.165, 1.54) is 4.52 Å². The largest absolute Gasteiger partial charge is 0.486 e. The molecule has 0 spiro atoms. The van der Waals surface area contributed by atoms with Gasteiger partial charge in [0, 0.05) is 11.8 Å². The van der Waals surface area contributed by atoms with Gasteiger partial charge in [-0.15, -0.1) is 5.10 Å². The van der Waals surface area contributed by atoms with Gasteiger partial charge in [0.1, 0.15) is 13.2 Å². The minimum absolute atomic E-state index is 0.0584. The SMILES string of the molecule is O=C(Nc1ccc2c(c1)OCCO2)c1nnn2c1c(=O)[nH]c1ccccc12. The molecule has 0 aliphatic carbocycles. The molecular formula is C18H13N5O4. The zero-order valence-electron chi connectivity index (χ0n) is 13.9. The Morgan fingerprint density at radius 2 is 1.93 bits per heavy atom. The number of anilines is 1. The molecule has 3 heterocycles. The summed E-state index contributed by atoms with van der Waals surface area (Å²) in [6.07, 6.45) is 0. The Bertz CT molecular complexity index is 1260. The molecule has 0 unspecified atom stereocenters. The van der Waals surface area contributed by atoms with Crippen LogP contribution in [0.15, 0.2) is 47.3 Å². The van der Waals surface area contributed by atoms with E-state index >= 15 is 0 Å². The molecule has 2 aromatic heterocycles. The fourth-order valence-electron chi connectivity index (χ4n) is 3.06. The van der Waals surface area contributed by atoms with Gasteiger partial charge in [0.25, 0.3) is 11.5 Å². The van der Waals surface area contributed by atoms with E-state index in [0.717, 1.165) is 0 Å². The maximum absolute atomic E-state index is 12.7. The highest BCUT2D eigenvalue weighted by atomic mass is 16.6. The summed E-state index contributed by atoms with van der Waals surface area (Å²) in [7, 11) is 0. The number of hydrogen-bond donors (Lipinski definition) is 2. The van der Waals surface area contributed by atoms with Gasteiger partial charge in [-0.3, -0.25) is 9.59 Å². The topological polar surface area (TPSA) is 111 Å². The van der Waals surface area contributed by atoms with Crippen LogP contribution in [0.25, 0.3) is 16.6 Å². The first-order valence-electron chi connectivity index (χ1n) is 8.28. The number of fused-ring (bicyclic) bond motifs is 4. The lowest BCUT2D eigenvalue weighted by Gasteiger charge is -2.18. The van der Waals surface area contributed by atoms with Crippen molar-refractivity contribution in [1.29, 1.82) is 0 Å². The van der Waals surface area contributed by atoms with E-state index in [4.69, 9.17) is 9.47 Å². The normalized spacial score (nSPS) is 13.0. The number of carbonyl (C=O) groups is 1. The molecule has 134 valence electrons. The van der Waals surface area contributed by atoms with Crippen molar-refractivity contribution in [3.05, 3.63) is 58.5 Å². The van der Waals surface area contributed by atoms with Crippen LogP contribution in [0.2, 0.25) is 0 Å². The van der Waals surface area contributed by atoms with Crippen LogP contribution in [0.3, 0.4) is 0 Å². The van der Waals surface area contributed by atoms with E-state index in [9.17, 15) is 9.59 Å². The Morgan fingerprint density at radius 1 is 1.11 bits per heavy atom. The third-order valence-corrected chi connectivity index (χ3v) is 4.28. The van der Waals surface area contributed by atoms with Crippen LogP contribution in [0.1, 0.15) is 10.5 Å². The maximum atomic E-state index is 12.7. The van der Waals surface area contributed by atoms with Crippen molar-refractivity contribution < 1.29 is 14.3 Å². The summed E-state index contributed by atoms with van der Waals surface area (Å²) >= 11 is 0. The van der Waals surface area contributed by atoms with Crippen LogP contribution >= 0.6 is 0 Å². The lowest BCUT2D eigenvalue weighted by Crippen LogP contribution is -2.18. The first-order valence-corrected chi connectivity index (χ1v) is 8.28. The predicted octanol–water partition coefficient (Wildman–Crippen LogP) is 1.59. The van der Waals surface area contributed by atoms with Crippen molar-refractivity contribution in [2.75, 3.05) is 18.5 Å². The Kier molecular flexibility index (Phi) is 3.32. The van der Waals surface area contributed by atoms with Crippen molar-refractivity contribution in [3.8, 4) is 11.5 Å². The number of rotatable bonds is 2. The second kappa shape index (κ2) is 5.84. The maximum Gasteiger partial charge on any atom is 0.278 e. The first kappa shape index (κ1) is 15.4. The van der Waals surface area contributed by atoms with E-state index < -0.39 is 11.5 Å². The van der Waals surface area contributed by atoms with Gasteiger partial charge in [-0.05, 0) is 24.3 Å². The summed E-state index contributed by atoms with van der Waals surface area (Å²) < 4.78 is 12.3. The van der Waals surface area contributed by atoms with E-state index in [1.807, 2.05) is 6.07 Å². The molecule has 2 N–H and O–H groups in total. The number of ether oxygens (including phenoxy) is 2. The number of H-pyrrole nitrogens is 1. The standard InChI is InChI=1S/C18H13N5O4/c24-17(19-10-5-6-13-14(9-10)27-8-7-26-13)15-16-18(25)20-11-3-1-2-4-12(11)23(16)22-21-15/h1-6,9H,7-8H2,(H,19,24)(H,20,25). The first-order chi connectivity index (χ1) is 13.2. The van der Waals surface area contributed by atoms with Crippen LogP contribution in [-0.2, 0) is 0 Å². The summed E-state index contributed by atoms with van der Waals surface area (Å²) in [6.45, 7) is 0.935. The van der Waals surface area contributed by atoms with Crippen molar-refractivity contribution in [2.45, 2.75) is 0 Å². The van der Waals surface area contributed by atoms with Gasteiger partial charge in [-0.25, -0.2) is 4.52 Å². The fourth-order valence-corrected chi connectivity index (χ4v) is 3.06. The van der Waals surface area contributed by atoms with E-state index in [1.54, 1.807) is 36.4 Å². The van der Waals surface area contributed by atoms with Gasteiger partial charge in [-0.2, -0.15) is 0 Å². The Morgan fingerprint density at radius 3 is 2.81 bits per heavy atom. The molecule has 27 heavy (non-hydrogen) atoms. The number of amides is 1. The number of aromatic amines is 1. The monoisotopic (exact) mass is 363 g/mol. The number of carbonyl (C=O) groups excluding carboxylic acids is 1. The third-order valence-electron chi connectivity index (χ3n) is 4.28. The van der Waals surface area contributed by atoms with Gasteiger partial charge < -0.3 is 19.8 Å². The number of aromatic nitrogens is 4. The molecule has 4 aromatic rings. The van der Waals surface area contributed by atoms with Crippen LogP contribution in [0.4, 0.5) is 5.69 Å². The minimum Gasteiger partial charge on any atom is -0.486 e. The molecule has 0 fully saturated rings. The molecule has 9 nitrogen and oxygen atoms in total. The number of benzene rings is 2. The summed E-state index contributed by atoms with van der Waals surface area (Å²) in [4.78, 5) is 27.9. The molecule has 1 aliphatic heterocycles. The van der Waals surface area contributed by atoms with E-state index in [-0.39, 0.29) is 11.2 Å². The molecular weight excluding hydrogens is 350 g/mol. The molecule has 0 bridgehead atoms. The van der Waals surface area contributed by atoms with Crippen molar-refractivity contribution in [1.82, 2.24) is 19.8 Å². The third kappa shape index (κ3) is 2.48. The Balaban J connectivity index is 1.55. The molecule has 1 amide bonds. The molecule has 1 aliphatic rings. The van der Waals surface area contributed by atoms with Gasteiger partial charge in [0.05, 0.1) is 11.0 Å². The Labute approximate surface area is 151 Å². The molecule has 0 saturated carbocycles. The van der Waals surface area contributed by atoms with Gasteiger partial charge in [-0.1, -0.05) is 17.3 Å². The van der Waals surface area contributed by atoms with Crippen LogP contribution in [-0.4, -0.2) is 38.9 Å². The summed E-state index contributed by atoms with van der Waals surface area (Å²) in [5.41, 5.74) is 1.35. The summed E-state index contributed by atoms with van der Waals surface area (Å²) in [5.74, 6) is 0.634. The lowest BCUT2D eigenvalue weighted by atomic mass is 10.2. The number of para-hydroxylation sites is 2. The average Bonchev–Trinajstić information content (AvgIpc) is 3.14. The summed E-state index contributed by atoms with van der Waals surface area (Å²) in [5, 5.41) is 10.6. The zero-order chi connectivity index (χ0) is 18.4. The summed E-state index contributed by atoms with van der Waals surface area (Å²) in [6, 6.07) is 12.2. The minimum atomic E-state index is -0.539. The second-order valence-corrected chi connectivity index (χ2v) is 5.98. The van der Waals surface area contributed by atoms with Crippen LogP contribution < -0.4 is 20.3 Å². The number of nitrogens with zero attached hydrogens (tertiary/aromatic N) is 3. The Hall–Kier alpha value is -3.88. The number of hydrogen-bond acceptors (Lipinski definition) is 6. The number of nitrogens with one attached hydrogen (secondary N) is 2. The molecule has 9 heteroatoms. The molecule has 0 saturated heterocycles. The van der Waals surface area contributed by atoms with E-state index in [0.29, 0.717) is 41.4 Å². The molecule has 5 rings (SSSR count). The highest BCUT2D eigenvalue weighted by Crippen LogP contribution is 2.32. The van der Waals surface area contributed by atoms with Crippen molar-refractivity contribution in [2.24, 2.45) is 0 Å². The lowest BCUT2D eigenvalue weighted by molar-refractivity contribution is 0.102. The van der Waals surface area contributed by atoms with Gasteiger partial charge in [0.15, 0.2) is 22.7 Å². The fraction of sp³-hybridized carbons (Fsp3) is 0.111. The van der Waals surface area contributed by atoms with Crippen LogP contribution in [0.5, 0.6) is 11.5 Å². The molecule has 0 radical (unpaired) electrons. The smallest absolute Gasteiger partial charge is 0.278 e. The van der Waals surface area contributed by atoms with Gasteiger partial charge >= 0.3 is 0 Å². The second-order valence-electron chi connectivity index (χ2n) is 5.98. The quantitative estimate of drug-likeness (QED) is 0.560. The van der Waals surface area contributed by atoms with Crippen molar-refractivity contribution >= 4 is 28.1 Å². The zero-order valence-corrected chi connectivity index (χ0v) is 13.9. The highest BCUT2D eigenvalue weighted by Gasteiger charge is 2.20. The van der Waals surface area contributed by atoms with E-state index in [2.05, 4.69) is 20.6 Å². The molecule has 0 atom stereocenters. The highest BCUT2D eigenvalue weighted by molar-refractivity contribution is 6.07. The average molecular weight is 363 g/mol. The molecule has 2 aromatic carbocycles. The predicted molar refractivity (Wildman–Crippen MR) is 96.5 cm³/mol. The van der Waals surface area contributed by atoms with Crippen molar-refractivity contribution in [3.63, 3.8) is 0 Å². The van der Waals surface area contributed by atoms with Gasteiger partial charge in [0.2, 0.25) is 0 Å².